The topological polar surface area (TPSA) is 67.2 Å². The summed E-state index contributed by atoms with van der Waals surface area (Å²) in [6, 6.07) is 1.54. The van der Waals surface area contributed by atoms with Crippen LogP contribution in [0.5, 0.6) is 0 Å². The summed E-state index contributed by atoms with van der Waals surface area (Å²) in [5.41, 5.74) is 1.33. The maximum Gasteiger partial charge on any atom is 0.269 e. The quantitative estimate of drug-likeness (QED) is 0.801. The number of nitrogens with zero attached hydrogens (tertiary/aromatic N) is 2. The van der Waals surface area contributed by atoms with Crippen LogP contribution in [0.15, 0.2) is 6.07 Å². The summed E-state index contributed by atoms with van der Waals surface area (Å²) in [7, 11) is 1.73. The van der Waals surface area contributed by atoms with Crippen molar-refractivity contribution in [2.45, 2.75) is 33.2 Å². The third-order valence-electron chi connectivity index (χ3n) is 2.55. The van der Waals surface area contributed by atoms with Crippen LogP contribution < -0.4 is 5.32 Å². The molecule has 1 atom stereocenters. The van der Waals surface area contributed by atoms with E-state index in [1.165, 1.54) is 0 Å². The van der Waals surface area contributed by atoms with E-state index in [1.807, 2.05) is 6.92 Å². The van der Waals surface area contributed by atoms with Crippen molar-refractivity contribution in [1.82, 2.24) is 15.1 Å². The minimum absolute atomic E-state index is 0.0409. The lowest BCUT2D eigenvalue weighted by atomic mass is 10.0. The van der Waals surface area contributed by atoms with Gasteiger partial charge in [0.1, 0.15) is 5.69 Å². The molecule has 1 aromatic rings. The van der Waals surface area contributed by atoms with Crippen molar-refractivity contribution >= 4 is 5.91 Å². The minimum atomic E-state index is -0.197. The predicted molar refractivity (Wildman–Crippen MR) is 65.7 cm³/mol. The molecule has 96 valence electrons. The van der Waals surface area contributed by atoms with Gasteiger partial charge in [0.05, 0.1) is 18.3 Å². The molecule has 0 aliphatic rings. The molecular weight excluding hydrogens is 218 g/mol. The standard InChI is InChI=1S/C12H21N3O2/c1-8(2)5-10(7-16)13-12(17)11-6-9(3)14-15(11)4/h6,8,10,16H,5,7H2,1-4H3,(H,13,17). The number of aromatic nitrogens is 2. The average molecular weight is 239 g/mol. The lowest BCUT2D eigenvalue weighted by Gasteiger charge is -2.18. The van der Waals surface area contributed by atoms with E-state index in [9.17, 15) is 9.90 Å². The van der Waals surface area contributed by atoms with E-state index in [2.05, 4.69) is 24.3 Å². The highest BCUT2D eigenvalue weighted by molar-refractivity contribution is 5.92. The van der Waals surface area contributed by atoms with Crippen molar-refractivity contribution in [2.24, 2.45) is 13.0 Å². The van der Waals surface area contributed by atoms with Crippen LogP contribution in [0.2, 0.25) is 0 Å². The van der Waals surface area contributed by atoms with E-state index >= 15 is 0 Å². The number of aryl methyl sites for hydroxylation is 2. The van der Waals surface area contributed by atoms with E-state index in [0.717, 1.165) is 12.1 Å². The Kier molecular flexibility index (Phi) is 4.69. The van der Waals surface area contributed by atoms with Gasteiger partial charge in [-0.3, -0.25) is 9.48 Å². The molecule has 0 saturated heterocycles. The van der Waals surface area contributed by atoms with Crippen LogP contribution in [0.1, 0.15) is 36.5 Å². The zero-order valence-corrected chi connectivity index (χ0v) is 10.9. The van der Waals surface area contributed by atoms with E-state index < -0.39 is 0 Å². The van der Waals surface area contributed by atoms with Gasteiger partial charge in [-0.1, -0.05) is 13.8 Å². The Morgan fingerprint density at radius 1 is 1.59 bits per heavy atom. The van der Waals surface area contributed by atoms with Gasteiger partial charge in [0.15, 0.2) is 0 Å². The molecular formula is C12H21N3O2. The summed E-state index contributed by atoms with van der Waals surface area (Å²) >= 11 is 0. The summed E-state index contributed by atoms with van der Waals surface area (Å²) in [6.45, 7) is 5.92. The summed E-state index contributed by atoms with van der Waals surface area (Å²) in [4.78, 5) is 11.9. The van der Waals surface area contributed by atoms with Crippen molar-refractivity contribution in [1.29, 1.82) is 0 Å². The molecule has 0 aliphatic carbocycles. The van der Waals surface area contributed by atoms with Crippen LogP contribution in [-0.4, -0.2) is 33.4 Å². The summed E-state index contributed by atoms with van der Waals surface area (Å²) in [5, 5.41) is 16.1. The minimum Gasteiger partial charge on any atom is -0.394 e. The van der Waals surface area contributed by atoms with Crippen LogP contribution >= 0.6 is 0 Å². The number of aliphatic hydroxyl groups excluding tert-OH is 1. The molecule has 0 aliphatic heterocycles. The first-order chi connectivity index (χ1) is 7.93. The molecule has 2 N–H and O–H groups in total. The summed E-state index contributed by atoms with van der Waals surface area (Å²) < 4.78 is 1.55. The third-order valence-corrected chi connectivity index (χ3v) is 2.55. The normalized spacial score (nSPS) is 12.8. The first-order valence-electron chi connectivity index (χ1n) is 5.86. The van der Waals surface area contributed by atoms with Crippen molar-refractivity contribution in [2.75, 3.05) is 6.61 Å². The van der Waals surface area contributed by atoms with Gasteiger partial charge in [0.25, 0.3) is 5.91 Å². The number of amides is 1. The van der Waals surface area contributed by atoms with Crippen molar-refractivity contribution in [3.05, 3.63) is 17.5 Å². The molecule has 1 aromatic heterocycles. The van der Waals surface area contributed by atoms with Gasteiger partial charge in [-0.05, 0) is 25.3 Å². The van der Waals surface area contributed by atoms with Crippen LogP contribution in [-0.2, 0) is 7.05 Å². The number of nitrogens with one attached hydrogen (secondary N) is 1. The van der Waals surface area contributed by atoms with E-state index in [1.54, 1.807) is 17.8 Å². The largest absolute Gasteiger partial charge is 0.394 e. The number of rotatable bonds is 5. The van der Waals surface area contributed by atoms with E-state index in [4.69, 9.17) is 0 Å². The van der Waals surface area contributed by atoms with Crippen molar-refractivity contribution in [3.8, 4) is 0 Å². The van der Waals surface area contributed by atoms with Crippen LogP contribution in [0.3, 0.4) is 0 Å². The Labute approximate surface area is 102 Å². The maximum atomic E-state index is 11.9. The molecule has 0 fully saturated rings. The van der Waals surface area contributed by atoms with Crippen molar-refractivity contribution < 1.29 is 9.90 Å². The highest BCUT2D eigenvalue weighted by atomic mass is 16.3. The molecule has 1 rings (SSSR count). The second kappa shape index (κ2) is 5.82. The Morgan fingerprint density at radius 2 is 2.24 bits per heavy atom. The van der Waals surface area contributed by atoms with Crippen LogP contribution in [0, 0.1) is 12.8 Å². The van der Waals surface area contributed by atoms with Gasteiger partial charge in [0.2, 0.25) is 0 Å². The van der Waals surface area contributed by atoms with Gasteiger partial charge < -0.3 is 10.4 Å². The first kappa shape index (κ1) is 13.7. The lowest BCUT2D eigenvalue weighted by Crippen LogP contribution is -2.39. The maximum absolute atomic E-state index is 11.9. The molecule has 1 heterocycles. The molecule has 1 amide bonds. The van der Waals surface area contributed by atoms with E-state index in [-0.39, 0.29) is 18.6 Å². The summed E-state index contributed by atoms with van der Waals surface area (Å²) in [5.74, 6) is 0.244. The van der Waals surface area contributed by atoms with Crippen LogP contribution in [0.4, 0.5) is 0 Å². The second-order valence-electron chi connectivity index (χ2n) is 4.78. The molecule has 0 spiro atoms. The first-order valence-corrected chi connectivity index (χ1v) is 5.86. The fourth-order valence-electron chi connectivity index (χ4n) is 1.83. The Bertz CT molecular complexity index is 385. The van der Waals surface area contributed by atoms with Gasteiger partial charge in [0, 0.05) is 7.05 Å². The SMILES string of the molecule is Cc1cc(C(=O)NC(CO)CC(C)C)n(C)n1. The molecule has 5 nitrogen and oxygen atoms in total. The molecule has 0 saturated carbocycles. The van der Waals surface area contributed by atoms with Gasteiger partial charge in [-0.25, -0.2) is 0 Å². The number of carbonyl (C=O) groups excluding carboxylic acids is 1. The number of hydrogen-bond acceptors (Lipinski definition) is 3. The lowest BCUT2D eigenvalue weighted by molar-refractivity contribution is 0.0899. The highest BCUT2D eigenvalue weighted by Crippen LogP contribution is 2.06. The number of aliphatic hydroxyl groups is 1. The highest BCUT2D eigenvalue weighted by Gasteiger charge is 2.17. The molecule has 0 bridgehead atoms. The fourth-order valence-corrected chi connectivity index (χ4v) is 1.83. The molecule has 1 unspecified atom stereocenters. The predicted octanol–water partition coefficient (Wildman–Crippen LogP) is 0.865. The zero-order valence-electron chi connectivity index (χ0n) is 10.9. The Morgan fingerprint density at radius 3 is 2.65 bits per heavy atom. The van der Waals surface area contributed by atoms with E-state index in [0.29, 0.717) is 11.6 Å². The molecule has 0 aromatic carbocycles. The fraction of sp³-hybridized carbons (Fsp3) is 0.667. The third kappa shape index (κ3) is 3.85. The van der Waals surface area contributed by atoms with Gasteiger partial charge >= 0.3 is 0 Å². The smallest absolute Gasteiger partial charge is 0.269 e. The Hall–Kier alpha value is -1.36. The summed E-state index contributed by atoms with van der Waals surface area (Å²) in [6.07, 6.45) is 0.763. The Balaban J connectivity index is 2.67. The average Bonchev–Trinajstić information content (AvgIpc) is 2.56. The van der Waals surface area contributed by atoms with Crippen LogP contribution in [0.25, 0.3) is 0 Å². The van der Waals surface area contributed by atoms with Gasteiger partial charge in [-0.2, -0.15) is 5.10 Å². The second-order valence-corrected chi connectivity index (χ2v) is 4.78. The number of hydrogen-bond donors (Lipinski definition) is 2. The molecule has 17 heavy (non-hydrogen) atoms. The number of carbonyl (C=O) groups is 1. The van der Waals surface area contributed by atoms with Crippen molar-refractivity contribution in [3.63, 3.8) is 0 Å². The van der Waals surface area contributed by atoms with Gasteiger partial charge in [-0.15, -0.1) is 0 Å². The molecule has 0 radical (unpaired) electrons. The monoisotopic (exact) mass is 239 g/mol. The zero-order chi connectivity index (χ0) is 13.0. The molecule has 5 heteroatoms.